The normalized spacial score (nSPS) is 16.5. The van der Waals surface area contributed by atoms with E-state index in [1.807, 2.05) is 0 Å². The van der Waals surface area contributed by atoms with Gasteiger partial charge in [0.1, 0.15) is 0 Å². The Labute approximate surface area is 272 Å². The van der Waals surface area contributed by atoms with E-state index in [1.54, 1.807) is 38.6 Å². The van der Waals surface area contributed by atoms with Gasteiger partial charge in [-0.2, -0.15) is 12.1 Å². The summed E-state index contributed by atoms with van der Waals surface area (Å²) in [6.07, 6.45) is 1.25. The molecule has 0 bridgehead atoms. The van der Waals surface area contributed by atoms with Crippen LogP contribution in [0.3, 0.4) is 0 Å². The van der Waals surface area contributed by atoms with Gasteiger partial charge >= 0.3 is 0 Å². The van der Waals surface area contributed by atoms with Crippen LogP contribution >= 0.6 is 0 Å². The van der Waals surface area contributed by atoms with Crippen molar-refractivity contribution in [2.45, 2.75) is 125 Å². The van der Waals surface area contributed by atoms with Gasteiger partial charge in [-0.3, -0.25) is 0 Å². The fourth-order valence-electron chi connectivity index (χ4n) is 7.22. The van der Waals surface area contributed by atoms with Gasteiger partial charge < -0.3 is 0 Å². The first kappa shape index (κ1) is 34.1. The molecule has 1 unspecified atom stereocenters. The Morgan fingerprint density at radius 3 is 2.07 bits per heavy atom. The van der Waals surface area contributed by atoms with Crippen LogP contribution in [0.2, 0.25) is 12.1 Å². The second-order valence-corrected chi connectivity index (χ2v) is 17.4. The summed E-state index contributed by atoms with van der Waals surface area (Å²) >= 11 is 0. The van der Waals surface area contributed by atoms with Crippen LogP contribution in [0.25, 0.3) is 21.9 Å². The van der Waals surface area contributed by atoms with Crippen LogP contribution in [0.4, 0.5) is 0 Å². The molecule has 0 saturated carbocycles. The third kappa shape index (κ3) is 6.45. The van der Waals surface area contributed by atoms with Crippen LogP contribution < -0.4 is 5.19 Å². The third-order valence-corrected chi connectivity index (χ3v) is 12.7. The van der Waals surface area contributed by atoms with Gasteiger partial charge in [0.2, 0.25) is 0 Å². The molecule has 0 spiro atoms. The average Bonchev–Trinajstić information content (AvgIpc) is 3.42. The van der Waals surface area contributed by atoms with Crippen molar-refractivity contribution >= 4 is 24.8 Å². The quantitative estimate of drug-likeness (QED) is 0.168. The van der Waals surface area contributed by atoms with Gasteiger partial charge in [0.25, 0.3) is 0 Å². The molecule has 0 saturated heterocycles. The van der Waals surface area contributed by atoms with E-state index in [0.29, 0.717) is 11.8 Å². The van der Waals surface area contributed by atoms with Crippen LogP contribution in [0, 0.1) is 5.92 Å². The zero-order valence-corrected chi connectivity index (χ0v) is 32.9. The van der Waals surface area contributed by atoms with Crippen LogP contribution in [0.1, 0.15) is 119 Å². The molecule has 0 aliphatic heterocycles. The maximum absolute atomic E-state index is 2.65. The van der Waals surface area contributed by atoms with Crippen molar-refractivity contribution in [1.82, 2.24) is 0 Å². The molecule has 3 aromatic rings. The fraction of sp³-hybridized carbons (Fsp3) is 0.513. The molecule has 0 fully saturated rings. The van der Waals surface area contributed by atoms with Gasteiger partial charge in [-0.15, -0.1) is 29.0 Å². The monoisotopic (exact) mass is 730 g/mol. The van der Waals surface area contributed by atoms with Crippen LogP contribution in [-0.2, 0) is 36.7 Å². The molecule has 1 radical (unpaired) electrons. The predicted octanol–water partition coefficient (Wildman–Crippen LogP) is 11.4. The molecule has 0 aromatic heterocycles. The Morgan fingerprint density at radius 2 is 1.56 bits per heavy atom. The second-order valence-electron chi connectivity index (χ2n) is 14.8. The van der Waals surface area contributed by atoms with Crippen molar-refractivity contribution < 1.29 is 25.8 Å². The maximum atomic E-state index is 2.65. The smallest absolute Gasteiger partial charge is 0.0906 e. The summed E-state index contributed by atoms with van der Waals surface area (Å²) in [5, 5.41) is 4.48. The van der Waals surface area contributed by atoms with Crippen molar-refractivity contribution in [3.63, 3.8) is 0 Å². The fourth-order valence-corrected chi connectivity index (χ4v) is 11.2. The number of benzene rings is 2. The number of fused-ring (bicyclic) bond motifs is 1. The van der Waals surface area contributed by atoms with E-state index in [1.165, 1.54) is 46.0 Å². The van der Waals surface area contributed by atoms with Crippen molar-refractivity contribution in [2.24, 2.45) is 5.92 Å². The molecule has 0 nitrogen and oxygen atoms in total. The second kappa shape index (κ2) is 12.7. The van der Waals surface area contributed by atoms with Crippen molar-refractivity contribution in [2.75, 3.05) is 0 Å². The Morgan fingerprint density at radius 1 is 0.902 bits per heavy atom. The topological polar surface area (TPSA) is 0 Å². The van der Waals surface area contributed by atoms with Crippen molar-refractivity contribution in [1.29, 1.82) is 0 Å². The van der Waals surface area contributed by atoms with Gasteiger partial charge in [0.05, 0.1) is 8.80 Å². The van der Waals surface area contributed by atoms with Gasteiger partial charge in [-0.25, -0.2) is 0 Å². The minimum atomic E-state index is -0.861. The maximum Gasteiger partial charge on any atom is 0.0906 e. The largest absolute Gasteiger partial charge is 0.168 e. The molecule has 1 aliphatic carbocycles. The molecule has 4 rings (SSSR count). The Balaban J connectivity index is 0.00000462. The molecule has 3 aromatic carbocycles. The Kier molecular flexibility index (Phi) is 10.6. The van der Waals surface area contributed by atoms with Crippen LogP contribution in [-0.4, -0.2) is 8.80 Å². The van der Waals surface area contributed by atoms with E-state index in [-0.39, 0.29) is 36.7 Å². The third-order valence-electron chi connectivity index (χ3n) is 9.59. The SMILES string of the molecule is CCC[Si](CC1=C(C)C(C)=C(C)C1C)c1c(C(C)(C)C)cc(-c2cccc3[cH-]ccc23)c(C(C)C)c1C(C)(C)C.[Hf]. The first-order valence-electron chi connectivity index (χ1n) is 15.7. The molecule has 41 heavy (non-hydrogen) atoms. The first-order chi connectivity index (χ1) is 18.6. The first-order valence-corrected chi connectivity index (χ1v) is 17.6. The van der Waals surface area contributed by atoms with Crippen LogP contribution in [0.15, 0.2) is 64.8 Å². The van der Waals surface area contributed by atoms with E-state index in [0.717, 1.165) is 0 Å². The summed E-state index contributed by atoms with van der Waals surface area (Å²) in [7, 11) is -0.861. The number of hydrogen-bond donors (Lipinski definition) is 0. The summed E-state index contributed by atoms with van der Waals surface area (Å²) in [6, 6.07) is 18.9. The molecule has 1 atom stereocenters. The summed E-state index contributed by atoms with van der Waals surface area (Å²) in [4.78, 5) is 0. The van der Waals surface area contributed by atoms with Gasteiger partial charge in [-0.05, 0) is 82.9 Å². The molecule has 0 heterocycles. The van der Waals surface area contributed by atoms with E-state index in [4.69, 9.17) is 0 Å². The van der Waals surface area contributed by atoms with E-state index in [2.05, 4.69) is 132 Å². The van der Waals surface area contributed by atoms with Crippen molar-refractivity contribution in [3.8, 4) is 11.1 Å². The number of rotatable bonds is 7. The summed E-state index contributed by atoms with van der Waals surface area (Å²) in [6.45, 7) is 31.6. The Bertz CT molecular complexity index is 1460. The molecule has 1 aliphatic rings. The summed E-state index contributed by atoms with van der Waals surface area (Å²) in [5.41, 5.74) is 14.2. The molecule has 2 heteroatoms. The zero-order chi connectivity index (χ0) is 29.7. The Hall–Kier alpha value is -1.38. The number of hydrogen-bond acceptors (Lipinski definition) is 0. The van der Waals surface area contributed by atoms with Crippen molar-refractivity contribution in [3.05, 3.63) is 81.4 Å². The predicted molar refractivity (Wildman–Crippen MR) is 182 cm³/mol. The minimum Gasteiger partial charge on any atom is -0.168 e. The van der Waals surface area contributed by atoms with E-state index >= 15 is 0 Å². The van der Waals surface area contributed by atoms with Gasteiger partial charge in [0.15, 0.2) is 0 Å². The average molecular weight is 729 g/mol. The zero-order valence-electron chi connectivity index (χ0n) is 28.3. The van der Waals surface area contributed by atoms with E-state index < -0.39 is 8.80 Å². The molecule has 0 N–H and O–H groups in total. The van der Waals surface area contributed by atoms with Gasteiger partial charge in [0, 0.05) is 25.8 Å². The summed E-state index contributed by atoms with van der Waals surface area (Å²) in [5.74, 6) is 1.02. The molecular weight excluding hydrogens is 675 g/mol. The molecular formula is C39H54HfSi-. The van der Waals surface area contributed by atoms with Crippen LogP contribution in [0.5, 0.6) is 0 Å². The molecule has 219 valence electrons. The molecule has 0 amide bonds. The summed E-state index contributed by atoms with van der Waals surface area (Å²) < 4.78 is 0. The standard InChI is InChI=1S/C39H54Si.Hf/c1-14-21-40(23-33-27(6)25(4)26(5)28(33)7)37-34(38(8,9)10)22-32(35(24(2)3)36(37)39(11,12)13)31-20-16-18-29-17-15-19-30(29)31;/h15-20,22,24,27H,14,21,23H2,1-13H3;/q-1;. The minimum absolute atomic E-state index is 0. The number of allylic oxidation sites excluding steroid dienone is 4. The van der Waals surface area contributed by atoms with Gasteiger partial charge in [-0.1, -0.05) is 116 Å². The van der Waals surface area contributed by atoms with E-state index in [9.17, 15) is 0 Å².